The zero-order valence-corrected chi connectivity index (χ0v) is 17.9. The van der Waals surface area contributed by atoms with Crippen LogP contribution in [-0.4, -0.2) is 41.3 Å². The number of hydrogen-bond donors (Lipinski definition) is 1. The molecule has 1 aromatic heterocycles. The molecule has 0 unspecified atom stereocenters. The molecule has 1 aromatic carbocycles. The average molecular weight is 414 g/mol. The highest BCUT2D eigenvalue weighted by Gasteiger charge is 2.18. The van der Waals surface area contributed by atoms with Crippen LogP contribution in [0.2, 0.25) is 0 Å². The third-order valence-corrected chi connectivity index (χ3v) is 6.89. The lowest BCUT2D eigenvalue weighted by Gasteiger charge is -2.13. The van der Waals surface area contributed by atoms with Crippen LogP contribution in [0.5, 0.6) is 11.5 Å². The van der Waals surface area contributed by atoms with E-state index in [1.165, 1.54) is 23.1 Å². The van der Waals surface area contributed by atoms with Crippen molar-refractivity contribution in [2.24, 2.45) is 5.92 Å². The van der Waals surface area contributed by atoms with Gasteiger partial charge in [-0.3, -0.25) is 4.79 Å². The van der Waals surface area contributed by atoms with Gasteiger partial charge in [0.05, 0.1) is 19.5 Å². The maximum absolute atomic E-state index is 12.4. The molecule has 1 N–H and O–H groups in total. The standard InChI is InChI=1S/C17H23N3O3S3/c1-10(2)9-24-16-19-20-17(26-16)25-11(3)15(21)18-12-6-7-13(22-4)14(8-12)23-5/h6-8,10-11H,9H2,1-5H3,(H,18,21)/t11-/m0/s1. The van der Waals surface area contributed by atoms with Crippen LogP contribution in [0.15, 0.2) is 26.9 Å². The predicted octanol–water partition coefficient (Wildman–Crippen LogP) is 4.42. The van der Waals surface area contributed by atoms with Crippen molar-refractivity contribution in [3.05, 3.63) is 18.2 Å². The van der Waals surface area contributed by atoms with Crippen LogP contribution < -0.4 is 14.8 Å². The van der Waals surface area contributed by atoms with Crippen molar-refractivity contribution in [1.82, 2.24) is 10.2 Å². The number of nitrogens with one attached hydrogen (secondary N) is 1. The molecule has 0 spiro atoms. The van der Waals surface area contributed by atoms with Gasteiger partial charge in [0.2, 0.25) is 5.91 Å². The summed E-state index contributed by atoms with van der Waals surface area (Å²) in [7, 11) is 3.14. The molecule has 142 valence electrons. The van der Waals surface area contributed by atoms with Gasteiger partial charge in [-0.15, -0.1) is 10.2 Å². The summed E-state index contributed by atoms with van der Waals surface area (Å²) in [6.45, 7) is 6.19. The Kier molecular flexibility index (Phi) is 8.05. The van der Waals surface area contributed by atoms with E-state index < -0.39 is 0 Å². The van der Waals surface area contributed by atoms with E-state index in [1.54, 1.807) is 44.2 Å². The molecule has 0 radical (unpaired) electrons. The number of nitrogens with zero attached hydrogens (tertiary/aromatic N) is 2. The van der Waals surface area contributed by atoms with Gasteiger partial charge in [-0.2, -0.15) is 0 Å². The Balaban J connectivity index is 1.93. The molecule has 26 heavy (non-hydrogen) atoms. The summed E-state index contributed by atoms with van der Waals surface area (Å²) in [6, 6.07) is 5.28. The van der Waals surface area contributed by atoms with Gasteiger partial charge in [-0.25, -0.2) is 0 Å². The molecular weight excluding hydrogens is 390 g/mol. The number of rotatable bonds is 9. The molecule has 9 heteroatoms. The summed E-state index contributed by atoms with van der Waals surface area (Å²) < 4.78 is 12.2. The second-order valence-electron chi connectivity index (χ2n) is 5.86. The summed E-state index contributed by atoms with van der Waals surface area (Å²) in [5.74, 6) is 2.70. The molecule has 1 atom stereocenters. The zero-order valence-electron chi connectivity index (χ0n) is 15.4. The van der Waals surface area contributed by atoms with E-state index in [9.17, 15) is 4.79 Å². The number of amides is 1. The van der Waals surface area contributed by atoms with Gasteiger partial charge in [0.25, 0.3) is 0 Å². The number of carbonyl (C=O) groups excluding carboxylic acids is 1. The Morgan fingerprint density at radius 2 is 1.85 bits per heavy atom. The fraction of sp³-hybridized carbons (Fsp3) is 0.471. The lowest BCUT2D eigenvalue weighted by molar-refractivity contribution is -0.115. The van der Waals surface area contributed by atoms with Crippen molar-refractivity contribution >= 4 is 46.5 Å². The van der Waals surface area contributed by atoms with E-state index in [1.807, 2.05) is 6.92 Å². The minimum atomic E-state index is -0.293. The van der Waals surface area contributed by atoms with Crippen LogP contribution in [0, 0.1) is 5.92 Å². The number of hydrogen-bond acceptors (Lipinski definition) is 8. The smallest absolute Gasteiger partial charge is 0.237 e. The second-order valence-corrected chi connectivity index (χ2v) is 9.69. The first-order valence-corrected chi connectivity index (χ1v) is 10.8. The van der Waals surface area contributed by atoms with Gasteiger partial charge in [0, 0.05) is 17.5 Å². The molecular formula is C17H23N3O3S3. The molecule has 0 fully saturated rings. The van der Waals surface area contributed by atoms with Gasteiger partial charge in [0.15, 0.2) is 20.2 Å². The summed E-state index contributed by atoms with van der Waals surface area (Å²) in [5.41, 5.74) is 0.658. The van der Waals surface area contributed by atoms with Crippen LogP contribution in [-0.2, 0) is 4.79 Å². The number of methoxy groups -OCH3 is 2. The van der Waals surface area contributed by atoms with Crippen molar-refractivity contribution in [2.45, 2.75) is 34.7 Å². The second kappa shape index (κ2) is 10.0. The third-order valence-electron chi connectivity index (χ3n) is 3.23. The monoisotopic (exact) mass is 413 g/mol. The van der Waals surface area contributed by atoms with Gasteiger partial charge in [-0.1, -0.05) is 48.7 Å². The molecule has 0 saturated heterocycles. The Bertz CT molecular complexity index is 737. The Morgan fingerprint density at radius 3 is 2.50 bits per heavy atom. The van der Waals surface area contributed by atoms with Crippen LogP contribution >= 0.6 is 34.9 Å². The first kappa shape index (κ1) is 20.9. The van der Waals surface area contributed by atoms with Crippen molar-refractivity contribution < 1.29 is 14.3 Å². The molecule has 1 amide bonds. The number of aromatic nitrogens is 2. The molecule has 2 aromatic rings. The average Bonchev–Trinajstić information content (AvgIpc) is 3.07. The first-order chi connectivity index (χ1) is 12.4. The summed E-state index contributed by atoms with van der Waals surface area (Å²) >= 11 is 4.63. The lowest BCUT2D eigenvalue weighted by Crippen LogP contribution is -2.22. The fourth-order valence-electron chi connectivity index (χ4n) is 1.90. The molecule has 2 rings (SSSR count). The molecule has 0 aliphatic rings. The van der Waals surface area contributed by atoms with Crippen LogP contribution in [0.1, 0.15) is 20.8 Å². The molecule has 1 heterocycles. The summed E-state index contributed by atoms with van der Waals surface area (Å²) in [4.78, 5) is 12.4. The Labute approximate surface area is 166 Å². The number of anilines is 1. The third kappa shape index (κ3) is 6.07. The topological polar surface area (TPSA) is 73.3 Å². The Morgan fingerprint density at radius 1 is 1.15 bits per heavy atom. The molecule has 0 bridgehead atoms. The summed E-state index contributed by atoms with van der Waals surface area (Å²) in [6.07, 6.45) is 0. The highest BCUT2D eigenvalue weighted by molar-refractivity contribution is 8.03. The quantitative estimate of drug-likeness (QED) is 0.610. The maximum Gasteiger partial charge on any atom is 0.237 e. The fourth-order valence-corrected chi connectivity index (χ4v) is 5.04. The van der Waals surface area contributed by atoms with Gasteiger partial charge in [-0.05, 0) is 25.0 Å². The normalized spacial score (nSPS) is 12.1. The molecule has 0 saturated carbocycles. The minimum absolute atomic E-state index is 0.103. The van der Waals surface area contributed by atoms with Crippen LogP contribution in [0.25, 0.3) is 0 Å². The van der Waals surface area contributed by atoms with Crippen LogP contribution in [0.4, 0.5) is 5.69 Å². The van der Waals surface area contributed by atoms with E-state index >= 15 is 0 Å². The number of ether oxygens (including phenoxy) is 2. The lowest BCUT2D eigenvalue weighted by atomic mass is 10.2. The van der Waals surface area contributed by atoms with Crippen LogP contribution in [0.3, 0.4) is 0 Å². The van der Waals surface area contributed by atoms with Gasteiger partial charge >= 0.3 is 0 Å². The highest BCUT2D eigenvalue weighted by atomic mass is 32.2. The van der Waals surface area contributed by atoms with E-state index in [2.05, 4.69) is 29.4 Å². The van der Waals surface area contributed by atoms with Crippen molar-refractivity contribution in [1.29, 1.82) is 0 Å². The zero-order chi connectivity index (χ0) is 19.1. The van der Waals surface area contributed by atoms with E-state index in [4.69, 9.17) is 9.47 Å². The largest absolute Gasteiger partial charge is 0.493 e. The predicted molar refractivity (Wildman–Crippen MR) is 109 cm³/mol. The van der Waals surface area contributed by atoms with Crippen molar-refractivity contribution in [3.8, 4) is 11.5 Å². The SMILES string of the molecule is COc1ccc(NC(=O)[C@H](C)Sc2nnc(SCC(C)C)s2)cc1OC. The maximum atomic E-state index is 12.4. The molecule has 0 aliphatic carbocycles. The van der Waals surface area contributed by atoms with E-state index in [-0.39, 0.29) is 11.2 Å². The van der Waals surface area contributed by atoms with E-state index in [0.717, 1.165) is 14.4 Å². The van der Waals surface area contributed by atoms with Crippen molar-refractivity contribution in [3.63, 3.8) is 0 Å². The minimum Gasteiger partial charge on any atom is -0.493 e. The highest BCUT2D eigenvalue weighted by Crippen LogP contribution is 2.33. The molecule has 0 aliphatic heterocycles. The van der Waals surface area contributed by atoms with Crippen molar-refractivity contribution in [2.75, 3.05) is 25.3 Å². The number of benzene rings is 1. The molecule has 6 nitrogen and oxygen atoms in total. The first-order valence-electron chi connectivity index (χ1n) is 8.08. The number of thioether (sulfide) groups is 2. The van der Waals surface area contributed by atoms with Gasteiger partial charge < -0.3 is 14.8 Å². The Hall–Kier alpha value is -1.45. The number of carbonyl (C=O) groups is 1. The van der Waals surface area contributed by atoms with Gasteiger partial charge in [0.1, 0.15) is 0 Å². The summed E-state index contributed by atoms with van der Waals surface area (Å²) in [5, 5.41) is 10.9. The van der Waals surface area contributed by atoms with E-state index in [0.29, 0.717) is 23.1 Å².